The Morgan fingerprint density at radius 3 is 2.67 bits per heavy atom. The second kappa shape index (κ2) is 9.34. The number of halogens is 3. The second-order valence-corrected chi connectivity index (χ2v) is 8.69. The lowest BCUT2D eigenvalue weighted by Crippen LogP contribution is -2.27. The van der Waals surface area contributed by atoms with Gasteiger partial charge in [-0.2, -0.15) is 9.78 Å². The number of aromatic amines is 1. The number of aromatic nitrogens is 4. The average Bonchev–Trinajstić information content (AvgIpc) is 3.31. The van der Waals surface area contributed by atoms with E-state index in [2.05, 4.69) is 36.3 Å². The Labute approximate surface area is 210 Å². The second-order valence-electron chi connectivity index (χ2n) is 7.77. The number of benzene rings is 2. The Balaban J connectivity index is 1.40. The van der Waals surface area contributed by atoms with Gasteiger partial charge in [0.15, 0.2) is 17.3 Å². The SMILES string of the molecule is Cc1cc(=O)n(-c2ccc(Br)cc2F)nc1C(=O)Nc1ccc(Oc2ccnc3[nH]ccc23)c(F)c1. The molecule has 3 heterocycles. The summed E-state index contributed by atoms with van der Waals surface area (Å²) in [5.41, 5.74) is 0.177. The van der Waals surface area contributed by atoms with E-state index in [4.69, 9.17) is 4.74 Å². The zero-order chi connectivity index (χ0) is 25.4. The molecule has 11 heteroatoms. The third-order valence-electron chi connectivity index (χ3n) is 5.31. The van der Waals surface area contributed by atoms with Crippen molar-refractivity contribution in [1.82, 2.24) is 19.7 Å². The summed E-state index contributed by atoms with van der Waals surface area (Å²) in [5.74, 6) is -1.73. The summed E-state index contributed by atoms with van der Waals surface area (Å²) in [5, 5.41) is 7.30. The third kappa shape index (κ3) is 4.48. The number of nitrogens with one attached hydrogen (secondary N) is 2. The Bertz CT molecular complexity index is 1700. The molecule has 0 unspecified atom stereocenters. The summed E-state index contributed by atoms with van der Waals surface area (Å²) in [7, 11) is 0. The van der Waals surface area contributed by atoms with Gasteiger partial charge < -0.3 is 15.0 Å². The number of pyridine rings is 1. The van der Waals surface area contributed by atoms with Gasteiger partial charge in [0.1, 0.15) is 22.9 Å². The van der Waals surface area contributed by atoms with E-state index in [1.807, 2.05) is 0 Å². The maximum Gasteiger partial charge on any atom is 0.276 e. The molecule has 0 fully saturated rings. The van der Waals surface area contributed by atoms with Gasteiger partial charge in [0.05, 0.1) is 5.39 Å². The van der Waals surface area contributed by atoms with E-state index < -0.39 is 23.1 Å². The predicted molar refractivity (Wildman–Crippen MR) is 133 cm³/mol. The van der Waals surface area contributed by atoms with Gasteiger partial charge in [-0.05, 0) is 55.0 Å². The lowest BCUT2D eigenvalue weighted by molar-refractivity contribution is 0.102. The topological polar surface area (TPSA) is 102 Å². The van der Waals surface area contributed by atoms with Crippen molar-refractivity contribution in [1.29, 1.82) is 0 Å². The average molecular weight is 552 g/mol. The fourth-order valence-electron chi connectivity index (χ4n) is 3.59. The van der Waals surface area contributed by atoms with Gasteiger partial charge >= 0.3 is 0 Å². The van der Waals surface area contributed by atoms with E-state index in [9.17, 15) is 18.4 Å². The number of fused-ring (bicyclic) bond motifs is 1. The van der Waals surface area contributed by atoms with Crippen molar-refractivity contribution < 1.29 is 18.3 Å². The zero-order valence-corrected chi connectivity index (χ0v) is 20.1. The number of H-pyrrole nitrogens is 1. The Morgan fingerprint density at radius 1 is 1.06 bits per heavy atom. The van der Waals surface area contributed by atoms with Crippen molar-refractivity contribution >= 4 is 38.6 Å². The molecule has 0 spiro atoms. The fraction of sp³-hybridized carbons (Fsp3) is 0.0400. The van der Waals surface area contributed by atoms with Crippen molar-refractivity contribution in [2.24, 2.45) is 0 Å². The molecule has 0 aliphatic carbocycles. The molecule has 8 nitrogen and oxygen atoms in total. The molecule has 5 rings (SSSR count). The molecule has 0 atom stereocenters. The normalized spacial score (nSPS) is 11.0. The first kappa shape index (κ1) is 23.4. The summed E-state index contributed by atoms with van der Waals surface area (Å²) in [4.78, 5) is 32.5. The van der Waals surface area contributed by atoms with Gasteiger partial charge in [-0.1, -0.05) is 15.9 Å². The first-order chi connectivity index (χ1) is 17.3. The van der Waals surface area contributed by atoms with Crippen LogP contribution in [0.25, 0.3) is 16.7 Å². The highest BCUT2D eigenvalue weighted by Gasteiger charge is 2.18. The number of carbonyl (C=O) groups is 1. The molecule has 5 aromatic rings. The Morgan fingerprint density at radius 2 is 1.89 bits per heavy atom. The molecule has 0 bridgehead atoms. The molecule has 180 valence electrons. The molecular weight excluding hydrogens is 536 g/mol. The largest absolute Gasteiger partial charge is 0.453 e. The van der Waals surface area contributed by atoms with Crippen molar-refractivity contribution in [3.63, 3.8) is 0 Å². The van der Waals surface area contributed by atoms with E-state index in [1.54, 1.807) is 24.4 Å². The molecule has 36 heavy (non-hydrogen) atoms. The highest BCUT2D eigenvalue weighted by Crippen LogP contribution is 2.31. The molecule has 2 N–H and O–H groups in total. The van der Waals surface area contributed by atoms with Crippen LogP contribution >= 0.6 is 15.9 Å². The van der Waals surface area contributed by atoms with Crippen LogP contribution in [0.5, 0.6) is 11.5 Å². The summed E-state index contributed by atoms with van der Waals surface area (Å²) in [6.45, 7) is 1.53. The van der Waals surface area contributed by atoms with Gasteiger partial charge in [-0.25, -0.2) is 13.8 Å². The van der Waals surface area contributed by atoms with E-state index in [0.29, 0.717) is 21.3 Å². The minimum Gasteiger partial charge on any atom is -0.453 e. The molecule has 0 saturated heterocycles. The summed E-state index contributed by atoms with van der Waals surface area (Å²) >= 11 is 3.16. The van der Waals surface area contributed by atoms with Crippen molar-refractivity contribution in [2.75, 3.05) is 5.32 Å². The fourth-order valence-corrected chi connectivity index (χ4v) is 3.92. The van der Waals surface area contributed by atoms with E-state index in [-0.39, 0.29) is 28.4 Å². The van der Waals surface area contributed by atoms with Gasteiger partial charge in [0.25, 0.3) is 11.5 Å². The molecule has 0 aliphatic rings. The van der Waals surface area contributed by atoms with Crippen LogP contribution in [0.2, 0.25) is 0 Å². The zero-order valence-electron chi connectivity index (χ0n) is 18.6. The minimum atomic E-state index is -0.708. The van der Waals surface area contributed by atoms with Crippen LogP contribution in [-0.4, -0.2) is 25.7 Å². The predicted octanol–water partition coefficient (Wildman–Crippen LogP) is 5.50. The quantitative estimate of drug-likeness (QED) is 0.300. The lowest BCUT2D eigenvalue weighted by atomic mass is 10.2. The molecular formula is C25H16BrF2N5O3. The van der Waals surface area contributed by atoms with Crippen LogP contribution in [0.3, 0.4) is 0 Å². The summed E-state index contributed by atoms with van der Waals surface area (Å²) < 4.78 is 36.2. The molecule has 0 radical (unpaired) electrons. The number of aryl methyl sites for hydroxylation is 1. The number of nitrogens with zero attached hydrogens (tertiary/aromatic N) is 3. The van der Waals surface area contributed by atoms with Gasteiger partial charge in [-0.3, -0.25) is 9.59 Å². The number of amides is 1. The monoisotopic (exact) mass is 551 g/mol. The van der Waals surface area contributed by atoms with Gasteiger partial charge in [-0.15, -0.1) is 0 Å². The molecule has 0 saturated carbocycles. The van der Waals surface area contributed by atoms with Crippen molar-refractivity contribution in [3.8, 4) is 17.2 Å². The standard InChI is InChI=1S/C25H16BrF2N5O3/c1-13-10-22(34)33(19-4-2-14(26)11-17(19)27)32-23(13)25(35)31-15-3-5-21(18(28)12-15)36-20-7-9-30-24-16(20)6-8-29-24/h2-12H,1H3,(H,29,30)(H,31,35). The summed E-state index contributed by atoms with van der Waals surface area (Å²) in [6.07, 6.45) is 3.24. The smallest absolute Gasteiger partial charge is 0.276 e. The number of anilines is 1. The number of carbonyl (C=O) groups excluding carboxylic acids is 1. The maximum atomic E-state index is 14.8. The Hall–Kier alpha value is -4.38. The lowest BCUT2D eigenvalue weighted by Gasteiger charge is -2.12. The van der Waals surface area contributed by atoms with Gasteiger partial charge in [0.2, 0.25) is 0 Å². The van der Waals surface area contributed by atoms with Crippen LogP contribution < -0.4 is 15.6 Å². The highest BCUT2D eigenvalue weighted by molar-refractivity contribution is 9.10. The van der Waals surface area contributed by atoms with Gasteiger partial charge in [0, 0.05) is 34.7 Å². The number of hydrogen-bond donors (Lipinski definition) is 2. The van der Waals surface area contributed by atoms with Crippen LogP contribution in [0.15, 0.2) is 76.3 Å². The maximum absolute atomic E-state index is 14.8. The van der Waals surface area contributed by atoms with E-state index in [1.165, 1.54) is 43.5 Å². The van der Waals surface area contributed by atoms with Crippen LogP contribution in [-0.2, 0) is 0 Å². The van der Waals surface area contributed by atoms with Crippen LogP contribution in [0.4, 0.5) is 14.5 Å². The molecule has 0 aliphatic heterocycles. The van der Waals surface area contributed by atoms with E-state index >= 15 is 0 Å². The van der Waals surface area contributed by atoms with E-state index in [0.717, 1.165) is 10.7 Å². The molecule has 2 aromatic carbocycles. The Kier molecular flexibility index (Phi) is 6.06. The molecule has 1 amide bonds. The van der Waals surface area contributed by atoms with Crippen molar-refractivity contribution in [2.45, 2.75) is 6.92 Å². The summed E-state index contributed by atoms with van der Waals surface area (Å²) in [6, 6.07) is 12.6. The minimum absolute atomic E-state index is 0.0460. The van der Waals surface area contributed by atoms with Crippen molar-refractivity contribution in [3.05, 3.63) is 105 Å². The van der Waals surface area contributed by atoms with Crippen LogP contribution in [0.1, 0.15) is 16.1 Å². The molecule has 3 aromatic heterocycles. The third-order valence-corrected chi connectivity index (χ3v) is 5.80. The number of rotatable bonds is 5. The number of ether oxygens (including phenoxy) is 1. The first-order valence-corrected chi connectivity index (χ1v) is 11.4. The van der Waals surface area contributed by atoms with Crippen LogP contribution in [0, 0.1) is 18.6 Å². The number of hydrogen-bond acceptors (Lipinski definition) is 5. The first-order valence-electron chi connectivity index (χ1n) is 10.6. The highest BCUT2D eigenvalue weighted by atomic mass is 79.9.